The molecule has 6 heteroatoms. The number of methoxy groups -OCH3 is 1. The number of nitrogens with one attached hydrogen (secondary N) is 2. The average Bonchev–Trinajstić information content (AvgIpc) is 2.56. The highest BCUT2D eigenvalue weighted by atomic mass is 16.5. The molecular weight excluding hydrogens is 304 g/mol. The Morgan fingerprint density at radius 2 is 2.12 bits per heavy atom. The Morgan fingerprint density at radius 3 is 2.79 bits per heavy atom. The number of rotatable bonds is 10. The fraction of sp³-hybridized carbons (Fsp3) is 0.944. The van der Waals surface area contributed by atoms with E-state index in [-0.39, 0.29) is 11.5 Å². The number of guanidine groups is 1. The molecule has 1 aliphatic carbocycles. The molecule has 2 atom stereocenters. The third-order valence-electron chi connectivity index (χ3n) is 4.90. The maximum atomic E-state index is 10.3. The predicted molar refractivity (Wildman–Crippen MR) is 101 cm³/mol. The molecule has 3 N–H and O–H groups in total. The lowest BCUT2D eigenvalue weighted by molar-refractivity contribution is 0.00716. The van der Waals surface area contributed by atoms with Gasteiger partial charge in [-0.1, -0.05) is 19.8 Å². The number of hydrogen-bond acceptors (Lipinski definition) is 4. The number of aliphatic imine (C=N–C) groups is 1. The number of hydrogen-bond donors (Lipinski definition) is 3. The lowest BCUT2D eigenvalue weighted by atomic mass is 9.73. The third kappa shape index (κ3) is 7.81. The van der Waals surface area contributed by atoms with Crippen molar-refractivity contribution in [1.29, 1.82) is 0 Å². The molecule has 0 radical (unpaired) electrons. The van der Waals surface area contributed by atoms with E-state index in [1.54, 1.807) is 7.11 Å². The van der Waals surface area contributed by atoms with Crippen LogP contribution in [0.4, 0.5) is 0 Å². The second-order valence-corrected chi connectivity index (χ2v) is 7.19. The van der Waals surface area contributed by atoms with Crippen LogP contribution in [0.1, 0.15) is 46.0 Å². The molecule has 0 bridgehead atoms. The van der Waals surface area contributed by atoms with Crippen molar-refractivity contribution in [3.8, 4) is 0 Å². The molecule has 0 heterocycles. The highest BCUT2D eigenvalue weighted by Crippen LogP contribution is 2.36. The molecule has 24 heavy (non-hydrogen) atoms. The zero-order valence-corrected chi connectivity index (χ0v) is 16.1. The topological polar surface area (TPSA) is 69.1 Å². The summed E-state index contributed by atoms with van der Waals surface area (Å²) in [7, 11) is 3.87. The minimum atomic E-state index is -0.232. The summed E-state index contributed by atoms with van der Waals surface area (Å²) in [4.78, 5) is 7.02. The lowest BCUT2D eigenvalue weighted by Gasteiger charge is -2.37. The number of aliphatic hydroxyl groups excluding tert-OH is 1. The van der Waals surface area contributed by atoms with Gasteiger partial charge in [0.1, 0.15) is 0 Å². The minimum Gasteiger partial charge on any atom is -0.392 e. The summed E-state index contributed by atoms with van der Waals surface area (Å²) in [5, 5.41) is 17.0. The van der Waals surface area contributed by atoms with E-state index >= 15 is 0 Å². The monoisotopic (exact) mass is 342 g/mol. The number of likely N-dealkylation sites (N-methyl/N-ethyl adjacent to an activating group) is 1. The quantitative estimate of drug-likeness (QED) is 0.318. The van der Waals surface area contributed by atoms with Gasteiger partial charge in [0, 0.05) is 45.3 Å². The van der Waals surface area contributed by atoms with E-state index in [1.807, 2.05) is 0 Å². The molecule has 1 aliphatic rings. The van der Waals surface area contributed by atoms with Crippen LogP contribution in [0.15, 0.2) is 4.99 Å². The van der Waals surface area contributed by atoms with Crippen molar-refractivity contribution in [3.63, 3.8) is 0 Å². The van der Waals surface area contributed by atoms with E-state index < -0.39 is 0 Å². The summed E-state index contributed by atoms with van der Waals surface area (Å²) in [6.07, 6.45) is 5.11. The number of ether oxygens (including phenoxy) is 1. The standard InChI is InChI=1S/C18H38N4O2/c1-5-19-17(20-11-13-22(3)12-8-14-24-4)21-15-18(2)10-7-6-9-16(18)23/h16,23H,5-15H2,1-4H3,(H2,19,20,21). The van der Waals surface area contributed by atoms with Gasteiger partial charge in [-0.3, -0.25) is 4.99 Å². The smallest absolute Gasteiger partial charge is 0.191 e. The fourth-order valence-electron chi connectivity index (χ4n) is 3.12. The Kier molecular flexibility index (Phi) is 10.3. The molecule has 1 rings (SSSR count). The molecule has 0 aromatic heterocycles. The molecule has 0 aromatic rings. The van der Waals surface area contributed by atoms with Gasteiger partial charge < -0.3 is 25.4 Å². The minimum absolute atomic E-state index is 0.0858. The van der Waals surface area contributed by atoms with Crippen molar-refractivity contribution in [2.45, 2.75) is 52.1 Å². The van der Waals surface area contributed by atoms with Crippen molar-refractivity contribution in [2.24, 2.45) is 10.4 Å². The van der Waals surface area contributed by atoms with Crippen LogP contribution >= 0.6 is 0 Å². The van der Waals surface area contributed by atoms with Crippen molar-refractivity contribution >= 4 is 5.96 Å². The van der Waals surface area contributed by atoms with E-state index in [9.17, 15) is 5.11 Å². The summed E-state index contributed by atoms with van der Waals surface area (Å²) in [5.41, 5.74) is -0.0858. The van der Waals surface area contributed by atoms with Crippen molar-refractivity contribution in [1.82, 2.24) is 15.5 Å². The van der Waals surface area contributed by atoms with Crippen LogP contribution in [0.2, 0.25) is 0 Å². The Morgan fingerprint density at radius 1 is 1.33 bits per heavy atom. The predicted octanol–water partition coefficient (Wildman–Crippen LogP) is 1.45. The van der Waals surface area contributed by atoms with Gasteiger partial charge in [-0.05, 0) is 33.2 Å². The average molecular weight is 343 g/mol. The van der Waals surface area contributed by atoms with Crippen LogP contribution in [-0.4, -0.2) is 75.6 Å². The Balaban J connectivity index is 2.39. The highest BCUT2D eigenvalue weighted by Gasteiger charge is 2.35. The van der Waals surface area contributed by atoms with Crippen LogP contribution in [0.25, 0.3) is 0 Å². The summed E-state index contributed by atoms with van der Waals surface area (Å²) in [5.74, 6) is 0.849. The molecule has 0 aliphatic heterocycles. The molecule has 1 fully saturated rings. The van der Waals surface area contributed by atoms with Crippen molar-refractivity contribution in [2.75, 3.05) is 53.5 Å². The first kappa shape index (κ1) is 21.2. The second kappa shape index (κ2) is 11.7. The molecule has 6 nitrogen and oxygen atoms in total. The van der Waals surface area contributed by atoms with Gasteiger partial charge in [0.05, 0.1) is 12.6 Å². The largest absolute Gasteiger partial charge is 0.392 e. The maximum Gasteiger partial charge on any atom is 0.191 e. The molecule has 142 valence electrons. The van der Waals surface area contributed by atoms with Crippen LogP contribution < -0.4 is 10.6 Å². The van der Waals surface area contributed by atoms with Crippen LogP contribution in [0.3, 0.4) is 0 Å². The Labute approximate surface area is 148 Å². The second-order valence-electron chi connectivity index (χ2n) is 7.19. The van der Waals surface area contributed by atoms with Gasteiger partial charge in [-0.25, -0.2) is 0 Å². The van der Waals surface area contributed by atoms with E-state index in [4.69, 9.17) is 9.73 Å². The molecule has 1 saturated carbocycles. The molecular formula is C18H38N4O2. The molecule has 0 aromatic carbocycles. The summed E-state index contributed by atoms with van der Waals surface area (Å²) in [6, 6.07) is 0. The summed E-state index contributed by atoms with van der Waals surface area (Å²) < 4.78 is 5.08. The summed E-state index contributed by atoms with van der Waals surface area (Å²) in [6.45, 7) is 9.42. The lowest BCUT2D eigenvalue weighted by Crippen LogP contribution is -2.43. The van der Waals surface area contributed by atoms with Gasteiger partial charge in [-0.15, -0.1) is 0 Å². The zero-order chi connectivity index (χ0) is 17.8. The molecule has 0 amide bonds. The van der Waals surface area contributed by atoms with Crippen molar-refractivity contribution < 1.29 is 9.84 Å². The van der Waals surface area contributed by atoms with Crippen LogP contribution in [0, 0.1) is 5.41 Å². The van der Waals surface area contributed by atoms with Crippen LogP contribution in [-0.2, 0) is 4.74 Å². The fourth-order valence-corrected chi connectivity index (χ4v) is 3.12. The number of nitrogens with zero attached hydrogens (tertiary/aromatic N) is 2. The van der Waals surface area contributed by atoms with E-state index in [0.29, 0.717) is 6.54 Å². The summed E-state index contributed by atoms with van der Waals surface area (Å²) >= 11 is 0. The molecule has 0 saturated heterocycles. The molecule has 2 unspecified atom stereocenters. The first-order chi connectivity index (χ1) is 11.5. The SMILES string of the molecule is CCNC(=NCC1(C)CCCCC1O)NCCN(C)CCCOC. The Bertz CT molecular complexity index is 365. The first-order valence-corrected chi connectivity index (χ1v) is 9.39. The molecule has 0 spiro atoms. The normalized spacial score (nSPS) is 25.1. The van der Waals surface area contributed by atoms with E-state index in [2.05, 4.69) is 36.4 Å². The van der Waals surface area contributed by atoms with Crippen LogP contribution in [0.5, 0.6) is 0 Å². The zero-order valence-electron chi connectivity index (χ0n) is 16.1. The van der Waals surface area contributed by atoms with Gasteiger partial charge in [0.25, 0.3) is 0 Å². The maximum absolute atomic E-state index is 10.3. The van der Waals surface area contributed by atoms with Gasteiger partial charge in [0.15, 0.2) is 5.96 Å². The van der Waals surface area contributed by atoms with E-state index in [1.165, 1.54) is 6.42 Å². The first-order valence-electron chi connectivity index (χ1n) is 9.39. The number of aliphatic hydroxyl groups is 1. The third-order valence-corrected chi connectivity index (χ3v) is 4.90. The highest BCUT2D eigenvalue weighted by molar-refractivity contribution is 5.79. The van der Waals surface area contributed by atoms with Gasteiger partial charge in [0.2, 0.25) is 0 Å². The van der Waals surface area contributed by atoms with Crippen molar-refractivity contribution in [3.05, 3.63) is 0 Å². The van der Waals surface area contributed by atoms with Gasteiger partial charge >= 0.3 is 0 Å². The van der Waals surface area contributed by atoms with E-state index in [0.717, 1.165) is 64.4 Å². The van der Waals surface area contributed by atoms with Gasteiger partial charge in [-0.2, -0.15) is 0 Å². The Hall–Kier alpha value is -0.850.